The predicted octanol–water partition coefficient (Wildman–Crippen LogP) is 4.43. The third-order valence-electron chi connectivity index (χ3n) is 4.80. The molecular formula is C21H21N5O2S2. The summed E-state index contributed by atoms with van der Waals surface area (Å²) in [4.78, 5) is 16.8. The zero-order chi connectivity index (χ0) is 21.4. The quantitative estimate of drug-likeness (QED) is 0.713. The average molecular weight is 440 g/mol. The van der Waals surface area contributed by atoms with Gasteiger partial charge in [0, 0.05) is 17.1 Å². The van der Waals surface area contributed by atoms with E-state index in [2.05, 4.69) is 14.7 Å². The molecule has 0 spiro atoms. The number of amidine groups is 2. The van der Waals surface area contributed by atoms with Gasteiger partial charge in [-0.25, -0.2) is 0 Å². The second-order valence-corrected chi connectivity index (χ2v) is 9.15. The zero-order valence-electron chi connectivity index (χ0n) is 17.1. The molecule has 0 saturated carbocycles. The van der Waals surface area contributed by atoms with E-state index >= 15 is 0 Å². The van der Waals surface area contributed by atoms with Gasteiger partial charge in [0.05, 0.1) is 12.7 Å². The van der Waals surface area contributed by atoms with Gasteiger partial charge in [-0.1, -0.05) is 18.7 Å². The summed E-state index contributed by atoms with van der Waals surface area (Å²) in [6.45, 7) is 6.04. The second kappa shape index (κ2) is 8.16. The van der Waals surface area contributed by atoms with Gasteiger partial charge in [-0.05, 0) is 73.3 Å². The number of thioether (sulfide) groups is 2. The number of hydrazone groups is 1. The summed E-state index contributed by atoms with van der Waals surface area (Å²) in [6.07, 6.45) is 1.73. The fraction of sp³-hybridized carbons (Fsp3) is 0.238. The number of rotatable bonds is 4. The lowest BCUT2D eigenvalue weighted by Gasteiger charge is -2.20. The number of amides is 1. The number of nitrogens with zero attached hydrogens (tertiary/aromatic N) is 4. The van der Waals surface area contributed by atoms with Crippen molar-refractivity contribution in [2.45, 2.75) is 20.8 Å². The summed E-state index contributed by atoms with van der Waals surface area (Å²) in [7, 11) is 1.64. The Morgan fingerprint density at radius 1 is 1.27 bits per heavy atom. The van der Waals surface area contributed by atoms with E-state index in [4.69, 9.17) is 10.1 Å². The fourth-order valence-electron chi connectivity index (χ4n) is 3.37. The van der Waals surface area contributed by atoms with Crippen LogP contribution in [0.15, 0.2) is 46.0 Å². The lowest BCUT2D eigenvalue weighted by Crippen LogP contribution is -2.35. The van der Waals surface area contributed by atoms with Gasteiger partial charge in [-0.3, -0.25) is 10.2 Å². The van der Waals surface area contributed by atoms with Gasteiger partial charge in [-0.2, -0.15) is 10.0 Å². The minimum Gasteiger partial charge on any atom is -0.497 e. The molecule has 9 heteroatoms. The van der Waals surface area contributed by atoms with Crippen molar-refractivity contribution in [1.82, 2.24) is 9.58 Å². The molecule has 1 N–H and O–H groups in total. The summed E-state index contributed by atoms with van der Waals surface area (Å²) in [6, 6.07) is 9.81. The van der Waals surface area contributed by atoms with Gasteiger partial charge in [0.2, 0.25) is 5.17 Å². The number of carbonyl (C=O) groups is 1. The summed E-state index contributed by atoms with van der Waals surface area (Å²) in [5.41, 5.74) is 4.11. The zero-order valence-corrected chi connectivity index (χ0v) is 18.7. The van der Waals surface area contributed by atoms with Crippen molar-refractivity contribution in [1.29, 1.82) is 5.41 Å². The van der Waals surface area contributed by atoms with Crippen molar-refractivity contribution in [2.24, 2.45) is 10.1 Å². The maximum Gasteiger partial charge on any atom is 0.283 e. The van der Waals surface area contributed by atoms with Crippen LogP contribution in [0.2, 0.25) is 0 Å². The van der Waals surface area contributed by atoms with Crippen LogP contribution in [0, 0.1) is 19.3 Å². The fourth-order valence-corrected chi connectivity index (χ4v) is 5.20. The average Bonchev–Trinajstić information content (AvgIpc) is 3.25. The Morgan fingerprint density at radius 2 is 2.00 bits per heavy atom. The van der Waals surface area contributed by atoms with Crippen LogP contribution >= 0.6 is 23.5 Å². The first-order valence-corrected chi connectivity index (χ1v) is 11.2. The van der Waals surface area contributed by atoms with Gasteiger partial charge in [-0.15, -0.1) is 5.10 Å². The number of hydrogen-bond acceptors (Lipinski definition) is 6. The van der Waals surface area contributed by atoms with Gasteiger partial charge in [0.15, 0.2) is 10.2 Å². The first-order chi connectivity index (χ1) is 14.4. The van der Waals surface area contributed by atoms with Crippen LogP contribution in [-0.4, -0.2) is 43.7 Å². The van der Waals surface area contributed by atoms with Crippen LogP contribution in [0.25, 0.3) is 11.8 Å². The van der Waals surface area contributed by atoms with E-state index in [1.807, 2.05) is 51.1 Å². The molecule has 30 heavy (non-hydrogen) atoms. The largest absolute Gasteiger partial charge is 0.497 e. The van der Waals surface area contributed by atoms with Crippen LogP contribution < -0.4 is 4.74 Å². The van der Waals surface area contributed by atoms with Crippen LogP contribution in [0.4, 0.5) is 0 Å². The van der Waals surface area contributed by atoms with E-state index in [1.54, 1.807) is 24.9 Å². The molecule has 0 atom stereocenters. The molecule has 2 aliphatic rings. The van der Waals surface area contributed by atoms with Crippen molar-refractivity contribution in [3.05, 3.63) is 52.9 Å². The number of aryl methyl sites for hydroxylation is 1. The smallest absolute Gasteiger partial charge is 0.283 e. The summed E-state index contributed by atoms with van der Waals surface area (Å²) >= 11 is 2.90. The Hall–Kier alpha value is -2.78. The summed E-state index contributed by atoms with van der Waals surface area (Å²) < 4.78 is 8.15. The third-order valence-corrected chi connectivity index (χ3v) is 6.73. The molecule has 0 fully saturated rings. The summed E-state index contributed by atoms with van der Waals surface area (Å²) in [5, 5.41) is 14.8. The molecule has 0 aliphatic carbocycles. The maximum atomic E-state index is 12.6. The lowest BCUT2D eigenvalue weighted by atomic mass is 10.1. The van der Waals surface area contributed by atoms with Crippen molar-refractivity contribution in [3.63, 3.8) is 0 Å². The van der Waals surface area contributed by atoms with Crippen LogP contribution in [-0.2, 0) is 4.79 Å². The highest BCUT2D eigenvalue weighted by atomic mass is 32.2. The minimum absolute atomic E-state index is 0.0541. The molecular weight excluding hydrogens is 418 g/mol. The summed E-state index contributed by atoms with van der Waals surface area (Å²) in [5.74, 6) is 1.31. The predicted molar refractivity (Wildman–Crippen MR) is 125 cm³/mol. The van der Waals surface area contributed by atoms with E-state index in [-0.39, 0.29) is 11.4 Å². The van der Waals surface area contributed by atoms with Gasteiger partial charge >= 0.3 is 0 Å². The molecule has 0 unspecified atom stereocenters. The van der Waals surface area contributed by atoms with E-state index in [0.717, 1.165) is 38.5 Å². The van der Waals surface area contributed by atoms with Crippen LogP contribution in [0.3, 0.4) is 0 Å². The molecule has 0 saturated heterocycles. The van der Waals surface area contributed by atoms with Crippen LogP contribution in [0.5, 0.6) is 5.75 Å². The van der Waals surface area contributed by atoms with Crippen molar-refractivity contribution in [3.8, 4) is 11.4 Å². The number of carbonyl (C=O) groups excluding carboxylic acids is 1. The number of benzene rings is 1. The Labute approximate surface area is 183 Å². The normalized spacial score (nSPS) is 17.3. The molecule has 4 rings (SSSR count). The third kappa shape index (κ3) is 3.59. The molecule has 1 aromatic carbocycles. The number of aromatic nitrogens is 1. The number of nitrogens with one attached hydrogen (secondary N) is 1. The molecule has 1 amide bonds. The first-order valence-electron chi connectivity index (χ1n) is 9.39. The molecule has 7 nitrogen and oxygen atoms in total. The van der Waals surface area contributed by atoms with Gasteiger partial charge < -0.3 is 9.30 Å². The molecule has 2 aromatic rings. The Kier molecular flexibility index (Phi) is 5.57. The molecule has 3 heterocycles. The first kappa shape index (κ1) is 20.5. The highest BCUT2D eigenvalue weighted by Gasteiger charge is 2.35. The molecule has 1 aromatic heterocycles. The lowest BCUT2D eigenvalue weighted by molar-refractivity contribution is -0.114. The Balaban J connectivity index is 1.70. The van der Waals surface area contributed by atoms with Gasteiger partial charge in [0.1, 0.15) is 5.75 Å². The number of hydrogen-bond donors (Lipinski definition) is 1. The van der Waals surface area contributed by atoms with E-state index in [0.29, 0.717) is 5.17 Å². The van der Waals surface area contributed by atoms with Crippen molar-refractivity contribution in [2.75, 3.05) is 12.9 Å². The van der Waals surface area contributed by atoms with Crippen LogP contribution in [0.1, 0.15) is 23.9 Å². The molecule has 2 aliphatic heterocycles. The van der Waals surface area contributed by atoms with E-state index in [1.165, 1.54) is 16.8 Å². The molecule has 0 radical (unpaired) electrons. The molecule has 0 bridgehead atoms. The van der Waals surface area contributed by atoms with Crippen molar-refractivity contribution < 1.29 is 9.53 Å². The topological polar surface area (TPSA) is 83.0 Å². The Morgan fingerprint density at radius 3 is 2.67 bits per heavy atom. The maximum absolute atomic E-state index is 12.6. The van der Waals surface area contributed by atoms with Crippen molar-refractivity contribution >= 4 is 50.9 Å². The highest BCUT2D eigenvalue weighted by Crippen LogP contribution is 2.33. The number of fused-ring (bicyclic) bond motifs is 1. The van der Waals surface area contributed by atoms with E-state index < -0.39 is 5.91 Å². The standard InChI is InChI=1S/C21H21N5O2S2/c1-5-29-21-24-26-18(22)17(19(27)23-20(26)30-21)11-14-10-12(2)25(13(14)3)15-6-8-16(28-4)9-7-15/h6-11,22H,5H2,1-4H3/b17-11+,22-18?. The highest BCUT2D eigenvalue weighted by molar-refractivity contribution is 8.45. The SMILES string of the molecule is CCSC1=NN2C(=N)/C(=C\c3cc(C)n(-c4ccc(OC)cc4)c3C)C(=O)N=C2S1. The minimum atomic E-state index is -0.411. The monoisotopic (exact) mass is 439 g/mol. The number of ether oxygens (including phenoxy) is 1. The molecule has 154 valence electrons. The van der Waals surface area contributed by atoms with Gasteiger partial charge in [0.25, 0.3) is 5.91 Å². The Bertz CT molecular complexity index is 1130. The van der Waals surface area contributed by atoms with E-state index in [9.17, 15) is 4.79 Å². The number of methoxy groups -OCH3 is 1. The second-order valence-electron chi connectivity index (χ2n) is 6.68. The number of aliphatic imine (C=N–C) groups is 1.